The van der Waals surface area contributed by atoms with Crippen LogP contribution in [0.3, 0.4) is 0 Å². The maximum absolute atomic E-state index is 3.59. The lowest BCUT2D eigenvalue weighted by molar-refractivity contribution is 0.0728. The first kappa shape index (κ1) is 18.2. The molecule has 1 rings (SSSR count). The van der Waals surface area contributed by atoms with E-state index in [1.165, 1.54) is 24.0 Å². The highest BCUT2D eigenvalue weighted by Gasteiger charge is 2.37. The predicted octanol–water partition coefficient (Wildman–Crippen LogP) is 4.41. The fourth-order valence-electron chi connectivity index (χ4n) is 3.61. The summed E-state index contributed by atoms with van der Waals surface area (Å²) in [6, 6.07) is 9.49. The van der Waals surface area contributed by atoms with Crippen molar-refractivity contribution in [2.24, 2.45) is 0 Å². The quantitative estimate of drug-likeness (QED) is 0.724. The molecule has 0 radical (unpaired) electrons. The van der Waals surface area contributed by atoms with Crippen LogP contribution in [0, 0.1) is 0 Å². The smallest absolute Gasteiger partial charge is 0.0502 e. The van der Waals surface area contributed by atoms with Crippen molar-refractivity contribution in [2.45, 2.75) is 65.5 Å². The van der Waals surface area contributed by atoms with Gasteiger partial charge in [0, 0.05) is 5.54 Å². The van der Waals surface area contributed by atoms with E-state index in [0.29, 0.717) is 6.04 Å². The first-order valence-electron chi connectivity index (χ1n) is 8.58. The Morgan fingerprint density at radius 3 is 2.29 bits per heavy atom. The molecule has 2 atom stereocenters. The number of hydrogen-bond donors (Lipinski definition) is 1. The Balaban J connectivity index is 3.17. The maximum Gasteiger partial charge on any atom is 0.0502 e. The monoisotopic (exact) mass is 290 g/mol. The molecule has 0 bridgehead atoms. The lowest BCUT2D eigenvalue weighted by atomic mass is 9.82. The van der Waals surface area contributed by atoms with Crippen molar-refractivity contribution < 1.29 is 0 Å². The lowest BCUT2D eigenvalue weighted by Gasteiger charge is -2.46. The van der Waals surface area contributed by atoms with Gasteiger partial charge in [-0.05, 0) is 51.0 Å². The standard InChI is InChI=1S/C19H34N2/c1-7-12-16-13-11-14-17(15-16)18(20-6)19(5,8-2)21(9-3)10-4/h11,13-15,18,20H,7-10,12H2,1-6H3. The SMILES string of the molecule is CCCc1cccc(C(NC)C(C)(CC)N(CC)CC)c1. The van der Waals surface area contributed by atoms with E-state index in [2.05, 4.69) is 76.1 Å². The van der Waals surface area contributed by atoms with Crippen LogP contribution in [0.2, 0.25) is 0 Å². The molecule has 0 heterocycles. The van der Waals surface area contributed by atoms with Crippen molar-refractivity contribution in [3.05, 3.63) is 35.4 Å². The van der Waals surface area contributed by atoms with Crippen molar-refractivity contribution in [1.82, 2.24) is 10.2 Å². The van der Waals surface area contributed by atoms with Gasteiger partial charge in [0.15, 0.2) is 0 Å². The van der Waals surface area contributed by atoms with E-state index in [0.717, 1.165) is 19.5 Å². The molecule has 0 aliphatic heterocycles. The summed E-state index contributed by atoms with van der Waals surface area (Å²) in [5.41, 5.74) is 3.01. The highest BCUT2D eigenvalue weighted by atomic mass is 15.2. The second-order valence-corrected chi connectivity index (χ2v) is 6.10. The minimum absolute atomic E-state index is 0.142. The van der Waals surface area contributed by atoms with Gasteiger partial charge in [-0.1, -0.05) is 58.4 Å². The molecule has 1 N–H and O–H groups in total. The molecule has 0 saturated heterocycles. The van der Waals surface area contributed by atoms with Crippen LogP contribution in [0.1, 0.15) is 64.6 Å². The Morgan fingerprint density at radius 1 is 1.14 bits per heavy atom. The van der Waals surface area contributed by atoms with Crippen molar-refractivity contribution in [3.63, 3.8) is 0 Å². The summed E-state index contributed by atoms with van der Waals surface area (Å²) in [6.07, 6.45) is 3.51. The molecular weight excluding hydrogens is 256 g/mol. The molecule has 21 heavy (non-hydrogen) atoms. The second kappa shape index (κ2) is 8.55. The van der Waals surface area contributed by atoms with Crippen LogP contribution in [0.4, 0.5) is 0 Å². The molecule has 0 fully saturated rings. The molecule has 0 spiro atoms. The molecule has 2 nitrogen and oxygen atoms in total. The van der Waals surface area contributed by atoms with Crippen LogP contribution in [-0.4, -0.2) is 30.6 Å². The van der Waals surface area contributed by atoms with Gasteiger partial charge in [0.2, 0.25) is 0 Å². The number of benzene rings is 1. The van der Waals surface area contributed by atoms with Crippen molar-refractivity contribution in [2.75, 3.05) is 20.1 Å². The van der Waals surface area contributed by atoms with Gasteiger partial charge in [0.1, 0.15) is 0 Å². The summed E-state index contributed by atoms with van der Waals surface area (Å²) in [4.78, 5) is 2.58. The Kier molecular flexibility index (Phi) is 7.41. The Hall–Kier alpha value is -0.860. The van der Waals surface area contributed by atoms with Gasteiger partial charge in [-0.3, -0.25) is 4.90 Å². The average molecular weight is 290 g/mol. The first-order valence-corrected chi connectivity index (χ1v) is 8.58. The zero-order chi connectivity index (χ0) is 15.9. The molecule has 0 saturated carbocycles. The summed E-state index contributed by atoms with van der Waals surface area (Å²) in [6.45, 7) is 13.6. The van der Waals surface area contributed by atoms with E-state index >= 15 is 0 Å². The van der Waals surface area contributed by atoms with Gasteiger partial charge < -0.3 is 5.32 Å². The Labute approximate surface area is 131 Å². The summed E-state index contributed by atoms with van der Waals surface area (Å²) in [5.74, 6) is 0. The van der Waals surface area contributed by atoms with Crippen LogP contribution in [0.5, 0.6) is 0 Å². The third-order valence-electron chi connectivity index (χ3n) is 4.94. The number of aryl methyl sites for hydroxylation is 1. The zero-order valence-electron chi connectivity index (χ0n) is 14.9. The minimum Gasteiger partial charge on any atom is -0.311 e. The number of rotatable bonds is 9. The van der Waals surface area contributed by atoms with E-state index in [9.17, 15) is 0 Å². The molecule has 1 aromatic carbocycles. The van der Waals surface area contributed by atoms with Gasteiger partial charge >= 0.3 is 0 Å². The van der Waals surface area contributed by atoms with Crippen LogP contribution < -0.4 is 5.32 Å². The first-order chi connectivity index (χ1) is 10.1. The van der Waals surface area contributed by atoms with Crippen molar-refractivity contribution in [3.8, 4) is 0 Å². The Morgan fingerprint density at radius 2 is 1.81 bits per heavy atom. The molecule has 2 heteroatoms. The molecule has 1 aromatic rings. The molecule has 0 aliphatic rings. The average Bonchev–Trinajstić information content (AvgIpc) is 2.50. The highest BCUT2D eigenvalue weighted by Crippen LogP contribution is 2.34. The van der Waals surface area contributed by atoms with Gasteiger partial charge in [0.25, 0.3) is 0 Å². The van der Waals surface area contributed by atoms with Crippen molar-refractivity contribution in [1.29, 1.82) is 0 Å². The van der Waals surface area contributed by atoms with Gasteiger partial charge in [-0.15, -0.1) is 0 Å². The summed E-state index contributed by atoms with van der Waals surface area (Å²) in [7, 11) is 2.09. The van der Waals surface area contributed by atoms with Crippen LogP contribution in [-0.2, 0) is 6.42 Å². The van der Waals surface area contributed by atoms with E-state index in [4.69, 9.17) is 0 Å². The highest BCUT2D eigenvalue weighted by molar-refractivity contribution is 5.29. The van der Waals surface area contributed by atoms with Gasteiger partial charge in [-0.25, -0.2) is 0 Å². The third-order valence-corrected chi connectivity index (χ3v) is 4.94. The lowest BCUT2D eigenvalue weighted by Crippen LogP contribution is -2.53. The fraction of sp³-hybridized carbons (Fsp3) is 0.684. The third kappa shape index (κ3) is 4.08. The van der Waals surface area contributed by atoms with Gasteiger partial charge in [0.05, 0.1) is 6.04 Å². The number of nitrogens with zero attached hydrogens (tertiary/aromatic N) is 1. The minimum atomic E-state index is 0.142. The summed E-state index contributed by atoms with van der Waals surface area (Å²) in [5, 5.41) is 3.59. The van der Waals surface area contributed by atoms with Crippen LogP contribution in [0.15, 0.2) is 24.3 Å². The van der Waals surface area contributed by atoms with E-state index in [1.54, 1.807) is 0 Å². The summed E-state index contributed by atoms with van der Waals surface area (Å²) < 4.78 is 0. The van der Waals surface area contributed by atoms with E-state index in [1.807, 2.05) is 0 Å². The van der Waals surface area contributed by atoms with Gasteiger partial charge in [-0.2, -0.15) is 0 Å². The topological polar surface area (TPSA) is 15.3 Å². The molecule has 0 aliphatic carbocycles. The normalized spacial score (nSPS) is 16.0. The van der Waals surface area contributed by atoms with E-state index in [-0.39, 0.29) is 5.54 Å². The van der Waals surface area contributed by atoms with Crippen molar-refractivity contribution >= 4 is 0 Å². The number of likely N-dealkylation sites (N-methyl/N-ethyl adjacent to an activating group) is 2. The molecular formula is C19H34N2. The molecule has 120 valence electrons. The fourth-order valence-corrected chi connectivity index (χ4v) is 3.61. The number of nitrogens with one attached hydrogen (secondary N) is 1. The number of hydrogen-bond acceptors (Lipinski definition) is 2. The summed E-state index contributed by atoms with van der Waals surface area (Å²) >= 11 is 0. The maximum atomic E-state index is 3.59. The molecule has 0 aromatic heterocycles. The largest absolute Gasteiger partial charge is 0.311 e. The van der Waals surface area contributed by atoms with Crippen LogP contribution in [0.25, 0.3) is 0 Å². The predicted molar refractivity (Wildman–Crippen MR) is 93.9 cm³/mol. The van der Waals surface area contributed by atoms with E-state index < -0.39 is 0 Å². The van der Waals surface area contributed by atoms with Crippen LogP contribution >= 0.6 is 0 Å². The Bertz CT molecular complexity index is 412. The molecule has 0 amide bonds. The second-order valence-electron chi connectivity index (χ2n) is 6.10. The zero-order valence-corrected chi connectivity index (χ0v) is 14.9. The molecule has 2 unspecified atom stereocenters.